The first-order valence-corrected chi connectivity index (χ1v) is 16.3. The molecule has 0 saturated heterocycles. The Balaban J connectivity index is 1.25. The summed E-state index contributed by atoms with van der Waals surface area (Å²) in [4.78, 5) is 14.5. The fourth-order valence-electron chi connectivity index (χ4n) is 4.72. The number of aromatic nitrogens is 1. The third-order valence-electron chi connectivity index (χ3n) is 6.88. The van der Waals surface area contributed by atoms with Crippen LogP contribution in [-0.2, 0) is 23.6 Å². The minimum atomic E-state index is -4.12. The van der Waals surface area contributed by atoms with Crippen LogP contribution in [0.2, 0.25) is 0 Å². The zero-order valence-electron chi connectivity index (χ0n) is 23.8. The van der Waals surface area contributed by atoms with Crippen molar-refractivity contribution in [2.24, 2.45) is 7.05 Å². The van der Waals surface area contributed by atoms with Crippen LogP contribution in [0.4, 0.5) is 4.39 Å². The maximum Gasteiger partial charge on any atom is 0.267 e. The van der Waals surface area contributed by atoms with Crippen LogP contribution < -0.4 is 14.8 Å². The molecule has 10 heteroatoms. The molecule has 43 heavy (non-hydrogen) atoms. The highest BCUT2D eigenvalue weighted by atomic mass is 32.2. The summed E-state index contributed by atoms with van der Waals surface area (Å²) in [5.74, 6) is -0.155. The third kappa shape index (κ3) is 7.27. The summed E-state index contributed by atoms with van der Waals surface area (Å²) in [7, 11) is -2.34. The summed E-state index contributed by atoms with van der Waals surface area (Å²) in [6.07, 6.45) is 1.59. The zero-order chi connectivity index (χ0) is 30.4. The third-order valence-corrected chi connectivity index (χ3v) is 9.24. The van der Waals surface area contributed by atoms with Crippen molar-refractivity contribution < 1.29 is 22.3 Å². The molecule has 0 fully saturated rings. The molecule has 5 rings (SSSR count). The van der Waals surface area contributed by atoms with Crippen LogP contribution in [0.25, 0.3) is 22.0 Å². The zero-order valence-corrected chi connectivity index (χ0v) is 25.5. The number of thioether (sulfide) groups is 1. The highest BCUT2D eigenvalue weighted by molar-refractivity contribution is 7.99. The van der Waals surface area contributed by atoms with E-state index >= 15 is 0 Å². The Morgan fingerprint density at radius 1 is 0.953 bits per heavy atom. The highest BCUT2D eigenvalue weighted by Crippen LogP contribution is 2.30. The minimum absolute atomic E-state index is 0.00461. The molecule has 0 spiro atoms. The van der Waals surface area contributed by atoms with Crippen molar-refractivity contribution in [1.29, 1.82) is 0 Å². The Bertz CT molecular complexity index is 1840. The number of ether oxygens (including phenoxy) is 1. The van der Waals surface area contributed by atoms with Gasteiger partial charge in [-0.15, -0.1) is 11.8 Å². The summed E-state index contributed by atoms with van der Waals surface area (Å²) in [6, 6.07) is 26.7. The number of nitrogens with zero attached hydrogens (tertiary/aromatic N) is 1. The predicted molar refractivity (Wildman–Crippen MR) is 169 cm³/mol. The van der Waals surface area contributed by atoms with Crippen molar-refractivity contribution in [2.45, 2.75) is 23.3 Å². The molecule has 222 valence electrons. The average molecular weight is 618 g/mol. The molecule has 1 aromatic heterocycles. The largest absolute Gasteiger partial charge is 0.491 e. The summed E-state index contributed by atoms with van der Waals surface area (Å²) in [6.45, 7) is 3.53. The molecule has 5 aromatic rings. The monoisotopic (exact) mass is 617 g/mol. The topological polar surface area (TPSA) is 89.4 Å². The van der Waals surface area contributed by atoms with Crippen molar-refractivity contribution in [3.8, 4) is 16.9 Å². The maximum absolute atomic E-state index is 14.5. The van der Waals surface area contributed by atoms with E-state index in [2.05, 4.69) is 22.2 Å². The van der Waals surface area contributed by atoms with Gasteiger partial charge >= 0.3 is 0 Å². The summed E-state index contributed by atoms with van der Waals surface area (Å²) >= 11 is 1.77. The van der Waals surface area contributed by atoms with Crippen molar-refractivity contribution >= 4 is 38.6 Å². The minimum Gasteiger partial charge on any atom is -0.491 e. The first-order chi connectivity index (χ1) is 20.7. The number of aryl methyl sites for hydroxylation is 1. The second kappa shape index (κ2) is 13.5. The number of benzene rings is 4. The predicted octanol–water partition coefficient (Wildman–Crippen LogP) is 6.38. The van der Waals surface area contributed by atoms with E-state index in [-0.39, 0.29) is 16.2 Å². The Labute approximate surface area is 255 Å². The van der Waals surface area contributed by atoms with Crippen LogP contribution in [0, 0.1) is 5.82 Å². The van der Waals surface area contributed by atoms with Crippen LogP contribution in [-0.4, -0.2) is 37.8 Å². The van der Waals surface area contributed by atoms with E-state index < -0.39 is 21.7 Å². The van der Waals surface area contributed by atoms with E-state index in [4.69, 9.17) is 4.74 Å². The average Bonchev–Trinajstić information content (AvgIpc) is 3.34. The summed E-state index contributed by atoms with van der Waals surface area (Å²) in [5.41, 5.74) is 3.15. The number of hydrogen-bond donors (Lipinski definition) is 2. The number of nitrogens with one attached hydrogen (secondary N) is 2. The van der Waals surface area contributed by atoms with Gasteiger partial charge in [0.25, 0.3) is 15.9 Å². The molecule has 0 bridgehead atoms. The van der Waals surface area contributed by atoms with E-state index in [1.807, 2.05) is 30.3 Å². The lowest BCUT2D eigenvalue weighted by Gasteiger charge is -2.09. The van der Waals surface area contributed by atoms with Gasteiger partial charge in [-0.3, -0.25) is 4.79 Å². The quantitative estimate of drug-likeness (QED) is 0.125. The van der Waals surface area contributed by atoms with Gasteiger partial charge in [0.2, 0.25) is 0 Å². The Kier molecular flexibility index (Phi) is 9.49. The van der Waals surface area contributed by atoms with Crippen molar-refractivity contribution in [1.82, 2.24) is 14.6 Å². The smallest absolute Gasteiger partial charge is 0.267 e. The molecule has 4 aromatic carbocycles. The van der Waals surface area contributed by atoms with Gasteiger partial charge in [-0.2, -0.15) is 0 Å². The molecule has 0 radical (unpaired) electrons. The van der Waals surface area contributed by atoms with Crippen molar-refractivity contribution in [3.05, 3.63) is 114 Å². The number of sulfonamides is 1. The number of halogens is 1. The maximum atomic E-state index is 14.5. The fraction of sp³-hybridized carbons (Fsp3) is 0.182. The second-order valence-electron chi connectivity index (χ2n) is 9.88. The van der Waals surface area contributed by atoms with Crippen molar-refractivity contribution in [3.63, 3.8) is 0 Å². The van der Waals surface area contributed by atoms with Gasteiger partial charge < -0.3 is 14.6 Å². The molecule has 2 N–H and O–H groups in total. The lowest BCUT2D eigenvalue weighted by Crippen LogP contribution is -2.30. The van der Waals surface area contributed by atoms with E-state index in [0.717, 1.165) is 23.4 Å². The molecule has 1 heterocycles. The number of carbonyl (C=O) groups is 1. The summed E-state index contributed by atoms with van der Waals surface area (Å²) in [5, 5.41) is 3.91. The first kappa shape index (κ1) is 30.3. The number of carbonyl (C=O) groups excluding carboxylic acids is 1. The highest BCUT2D eigenvalue weighted by Gasteiger charge is 2.22. The molecule has 0 atom stereocenters. The van der Waals surface area contributed by atoms with E-state index in [1.54, 1.807) is 66.8 Å². The van der Waals surface area contributed by atoms with Gasteiger partial charge in [0.15, 0.2) is 11.6 Å². The molecule has 0 unspecified atom stereocenters. The van der Waals surface area contributed by atoms with Gasteiger partial charge in [-0.25, -0.2) is 17.5 Å². The molecule has 0 aliphatic carbocycles. The van der Waals surface area contributed by atoms with Gasteiger partial charge in [-0.1, -0.05) is 42.5 Å². The Morgan fingerprint density at radius 2 is 1.67 bits per heavy atom. The number of hydrogen-bond acceptors (Lipinski definition) is 6. The Hall–Kier alpha value is -4.12. The molecule has 0 aliphatic heterocycles. The fourth-order valence-corrected chi connectivity index (χ4v) is 6.52. The number of rotatable bonds is 12. The van der Waals surface area contributed by atoms with Gasteiger partial charge in [0.05, 0.1) is 17.1 Å². The molecule has 0 aliphatic rings. The summed E-state index contributed by atoms with van der Waals surface area (Å²) < 4.78 is 50.0. The van der Waals surface area contributed by atoms with Crippen LogP contribution in [0.15, 0.2) is 107 Å². The molecule has 0 saturated carbocycles. The van der Waals surface area contributed by atoms with Gasteiger partial charge in [0, 0.05) is 47.9 Å². The van der Waals surface area contributed by atoms with Gasteiger partial charge in [0.1, 0.15) is 0 Å². The van der Waals surface area contributed by atoms with Gasteiger partial charge in [-0.05, 0) is 72.1 Å². The number of fused-ring (bicyclic) bond motifs is 1. The number of amides is 1. The molecule has 7 nitrogen and oxygen atoms in total. The lowest BCUT2D eigenvalue weighted by atomic mass is 10.0. The van der Waals surface area contributed by atoms with E-state index in [9.17, 15) is 17.6 Å². The van der Waals surface area contributed by atoms with E-state index in [1.165, 1.54) is 23.1 Å². The SMILES string of the molecule is CCOc1ccc(-c2ccc3c(c2)c(C(=O)NS(=O)(=O)c2ccc(CNCCSc4ccccc4)cc2)cn3C)cc1F. The van der Waals surface area contributed by atoms with Crippen LogP contribution in [0.5, 0.6) is 5.75 Å². The standard InChI is InChI=1S/C33H32FN3O4S2/c1-3-41-32-16-12-25(20-30(32)34)24-11-15-31-28(19-24)29(22-37(31)2)33(38)36-43(39,40)27-13-9-23(10-14-27)21-35-17-18-42-26-7-5-4-6-8-26/h4-16,19-20,22,35H,3,17-18,21H2,1-2H3,(H,36,38). The van der Waals surface area contributed by atoms with E-state index in [0.29, 0.717) is 29.7 Å². The Morgan fingerprint density at radius 3 is 2.40 bits per heavy atom. The van der Waals surface area contributed by atoms with Crippen LogP contribution in [0.1, 0.15) is 22.8 Å². The molecular formula is C33H32FN3O4S2. The normalized spacial score (nSPS) is 11.5. The first-order valence-electron chi connectivity index (χ1n) is 13.8. The van der Waals surface area contributed by atoms with Crippen LogP contribution >= 0.6 is 11.8 Å². The second-order valence-corrected chi connectivity index (χ2v) is 12.7. The van der Waals surface area contributed by atoms with Crippen LogP contribution in [0.3, 0.4) is 0 Å². The lowest BCUT2D eigenvalue weighted by molar-refractivity contribution is 0.0983. The molecule has 1 amide bonds. The molecular weight excluding hydrogens is 586 g/mol. The van der Waals surface area contributed by atoms with Crippen molar-refractivity contribution in [2.75, 3.05) is 18.9 Å².